The molecule has 2 heterocycles. The monoisotopic (exact) mass is 450 g/mol. The van der Waals surface area contributed by atoms with E-state index in [0.717, 1.165) is 11.1 Å². The minimum absolute atomic E-state index is 0.0905. The van der Waals surface area contributed by atoms with E-state index in [0.29, 0.717) is 49.3 Å². The van der Waals surface area contributed by atoms with Crippen molar-refractivity contribution in [3.05, 3.63) is 64.7 Å². The van der Waals surface area contributed by atoms with Crippen molar-refractivity contribution in [1.82, 2.24) is 9.80 Å². The molecule has 0 bridgehead atoms. The minimum Gasteiger partial charge on any atom is -0.507 e. The number of hydrogen-bond acceptors (Lipinski definition) is 6. The summed E-state index contributed by atoms with van der Waals surface area (Å²) in [4.78, 5) is 29.7. The van der Waals surface area contributed by atoms with Crippen LogP contribution < -0.4 is 9.47 Å². The van der Waals surface area contributed by atoms with Gasteiger partial charge in [0.15, 0.2) is 11.5 Å². The summed E-state index contributed by atoms with van der Waals surface area (Å²) >= 11 is 0. The quantitative estimate of drug-likeness (QED) is 0.412. The Labute approximate surface area is 194 Å². The van der Waals surface area contributed by atoms with Crippen LogP contribution in [0, 0.1) is 0 Å². The predicted octanol–water partition coefficient (Wildman–Crippen LogP) is 3.56. The Morgan fingerprint density at radius 2 is 1.73 bits per heavy atom. The molecule has 1 saturated heterocycles. The van der Waals surface area contributed by atoms with Crippen molar-refractivity contribution in [3.63, 3.8) is 0 Å². The van der Waals surface area contributed by atoms with Gasteiger partial charge in [-0.25, -0.2) is 0 Å². The number of aliphatic hydroxyl groups is 1. The number of amides is 1. The molecule has 2 aromatic carbocycles. The second-order valence-electron chi connectivity index (χ2n) is 8.98. The number of benzene rings is 2. The average Bonchev–Trinajstić information content (AvgIpc) is 3.06. The molecule has 0 saturated carbocycles. The van der Waals surface area contributed by atoms with E-state index in [1.807, 2.05) is 43.3 Å². The first-order valence-corrected chi connectivity index (χ1v) is 11.2. The molecule has 0 aliphatic carbocycles. The molecule has 0 unspecified atom stereocenters. The van der Waals surface area contributed by atoms with Crippen LogP contribution in [0.15, 0.2) is 48.0 Å². The second kappa shape index (κ2) is 9.27. The molecule has 33 heavy (non-hydrogen) atoms. The van der Waals surface area contributed by atoms with Gasteiger partial charge in [0, 0.05) is 18.7 Å². The maximum atomic E-state index is 13.1. The largest absolute Gasteiger partial charge is 0.507 e. The van der Waals surface area contributed by atoms with Gasteiger partial charge in [-0.2, -0.15) is 0 Å². The van der Waals surface area contributed by atoms with Crippen LogP contribution in [0.25, 0.3) is 5.76 Å². The van der Waals surface area contributed by atoms with Crippen LogP contribution in [-0.2, 0) is 9.59 Å². The lowest BCUT2D eigenvalue weighted by molar-refractivity contribution is -0.140. The standard InChI is InChI=1S/C26H30N2O5/c1-16(2)17-5-7-18(8-6-17)23-22(25(30)26(31)28(23)12-11-27(3)4)24(29)19-9-10-20-21(15-19)33-14-13-32-20/h5-10,15-16,23,29H,11-14H2,1-4H3/t23-/m1/s1. The molecule has 0 spiro atoms. The summed E-state index contributed by atoms with van der Waals surface area (Å²) < 4.78 is 11.2. The Bertz CT molecular complexity index is 1090. The third kappa shape index (κ3) is 4.46. The van der Waals surface area contributed by atoms with Crippen molar-refractivity contribution in [1.29, 1.82) is 0 Å². The zero-order chi connectivity index (χ0) is 23.7. The third-order valence-corrected chi connectivity index (χ3v) is 6.06. The molecule has 1 atom stereocenters. The number of likely N-dealkylation sites (N-methyl/N-ethyl adjacent to an activating group) is 1. The van der Waals surface area contributed by atoms with Gasteiger partial charge in [0.05, 0.1) is 11.6 Å². The van der Waals surface area contributed by atoms with Gasteiger partial charge in [0.2, 0.25) is 0 Å². The van der Waals surface area contributed by atoms with Crippen LogP contribution >= 0.6 is 0 Å². The minimum atomic E-state index is -0.681. The fraction of sp³-hybridized carbons (Fsp3) is 0.385. The van der Waals surface area contributed by atoms with Gasteiger partial charge in [-0.15, -0.1) is 0 Å². The second-order valence-corrected chi connectivity index (χ2v) is 8.98. The molecule has 1 N–H and O–H groups in total. The van der Waals surface area contributed by atoms with Crippen LogP contribution in [0.2, 0.25) is 0 Å². The maximum Gasteiger partial charge on any atom is 0.295 e. The lowest BCUT2D eigenvalue weighted by Crippen LogP contribution is -2.35. The van der Waals surface area contributed by atoms with Crippen molar-refractivity contribution in [3.8, 4) is 11.5 Å². The molecule has 7 heteroatoms. The summed E-state index contributed by atoms with van der Waals surface area (Å²) in [6.45, 7) is 6.06. The Balaban J connectivity index is 1.81. The van der Waals surface area contributed by atoms with Gasteiger partial charge in [0.1, 0.15) is 19.0 Å². The van der Waals surface area contributed by atoms with Crippen LogP contribution in [0.5, 0.6) is 11.5 Å². The number of nitrogens with zero attached hydrogens (tertiary/aromatic N) is 2. The zero-order valence-electron chi connectivity index (χ0n) is 19.5. The van der Waals surface area contributed by atoms with E-state index < -0.39 is 17.7 Å². The highest BCUT2D eigenvalue weighted by Gasteiger charge is 2.46. The van der Waals surface area contributed by atoms with Gasteiger partial charge in [-0.3, -0.25) is 9.59 Å². The number of Topliss-reactive ketones (excluding diaryl/α,β-unsaturated/α-hetero) is 1. The topological polar surface area (TPSA) is 79.3 Å². The molecular formula is C26H30N2O5. The highest BCUT2D eigenvalue weighted by atomic mass is 16.6. The highest BCUT2D eigenvalue weighted by molar-refractivity contribution is 6.46. The number of carbonyl (C=O) groups excluding carboxylic acids is 2. The van der Waals surface area contributed by atoms with Gasteiger partial charge in [-0.05, 0) is 49.3 Å². The average molecular weight is 451 g/mol. The van der Waals surface area contributed by atoms with E-state index in [-0.39, 0.29) is 11.3 Å². The molecule has 1 amide bonds. The predicted molar refractivity (Wildman–Crippen MR) is 126 cm³/mol. The van der Waals surface area contributed by atoms with Crippen LogP contribution in [0.1, 0.15) is 42.5 Å². The van der Waals surface area contributed by atoms with E-state index >= 15 is 0 Å². The number of aliphatic hydroxyl groups excluding tert-OH is 1. The molecule has 7 nitrogen and oxygen atoms in total. The van der Waals surface area contributed by atoms with Crippen LogP contribution in [-0.4, -0.2) is 67.0 Å². The molecule has 1 fully saturated rings. The number of likely N-dealkylation sites (tertiary alicyclic amines) is 1. The van der Waals surface area contributed by atoms with Gasteiger partial charge in [-0.1, -0.05) is 38.1 Å². The summed E-state index contributed by atoms with van der Waals surface area (Å²) in [5.41, 5.74) is 2.45. The van der Waals surface area contributed by atoms with E-state index in [1.165, 1.54) is 0 Å². The van der Waals surface area contributed by atoms with E-state index in [2.05, 4.69) is 13.8 Å². The summed E-state index contributed by atoms with van der Waals surface area (Å²) in [6, 6.07) is 12.3. The highest BCUT2D eigenvalue weighted by Crippen LogP contribution is 2.41. The molecule has 0 radical (unpaired) electrons. The van der Waals surface area contributed by atoms with Gasteiger partial charge < -0.3 is 24.4 Å². The Hall–Kier alpha value is -3.32. The lowest BCUT2D eigenvalue weighted by atomic mass is 9.93. The number of carbonyl (C=O) groups is 2. The Morgan fingerprint density at radius 3 is 2.36 bits per heavy atom. The van der Waals surface area contributed by atoms with Crippen molar-refractivity contribution < 1.29 is 24.2 Å². The fourth-order valence-electron chi connectivity index (χ4n) is 4.17. The molecule has 2 aliphatic heterocycles. The van der Waals surface area contributed by atoms with E-state index in [9.17, 15) is 14.7 Å². The number of ether oxygens (including phenoxy) is 2. The number of fused-ring (bicyclic) bond motifs is 1. The first kappa shape index (κ1) is 22.9. The number of ketones is 1. The SMILES string of the molecule is CC(C)c1ccc([C@@H]2C(=C(O)c3ccc4c(c3)OCCO4)C(=O)C(=O)N2CCN(C)C)cc1. The van der Waals surface area contributed by atoms with Crippen molar-refractivity contribution in [2.45, 2.75) is 25.8 Å². The maximum absolute atomic E-state index is 13.1. The zero-order valence-corrected chi connectivity index (χ0v) is 19.5. The van der Waals surface area contributed by atoms with E-state index in [4.69, 9.17) is 9.47 Å². The normalized spacial score (nSPS) is 19.6. The number of rotatable bonds is 6. The summed E-state index contributed by atoms with van der Waals surface area (Å²) in [6.07, 6.45) is 0. The first-order valence-electron chi connectivity index (χ1n) is 11.2. The van der Waals surface area contributed by atoms with E-state index in [1.54, 1.807) is 23.1 Å². The summed E-state index contributed by atoms with van der Waals surface area (Å²) in [5.74, 6) is -0.0459. The summed E-state index contributed by atoms with van der Waals surface area (Å²) in [5, 5.41) is 11.3. The third-order valence-electron chi connectivity index (χ3n) is 6.06. The van der Waals surface area contributed by atoms with Crippen molar-refractivity contribution in [2.24, 2.45) is 0 Å². The van der Waals surface area contributed by atoms with Crippen LogP contribution in [0.4, 0.5) is 0 Å². The Kier molecular flexibility index (Phi) is 6.42. The fourth-order valence-corrected chi connectivity index (χ4v) is 4.17. The smallest absolute Gasteiger partial charge is 0.295 e. The number of hydrogen-bond donors (Lipinski definition) is 1. The molecular weight excluding hydrogens is 420 g/mol. The molecule has 0 aromatic heterocycles. The van der Waals surface area contributed by atoms with Gasteiger partial charge >= 0.3 is 0 Å². The molecule has 2 aromatic rings. The first-order chi connectivity index (χ1) is 15.8. The lowest BCUT2D eigenvalue weighted by Gasteiger charge is -2.27. The summed E-state index contributed by atoms with van der Waals surface area (Å²) in [7, 11) is 3.83. The Morgan fingerprint density at radius 1 is 1.06 bits per heavy atom. The van der Waals surface area contributed by atoms with Gasteiger partial charge in [0.25, 0.3) is 11.7 Å². The molecule has 4 rings (SSSR count). The van der Waals surface area contributed by atoms with Crippen molar-refractivity contribution in [2.75, 3.05) is 40.4 Å². The molecule has 174 valence electrons. The van der Waals surface area contributed by atoms with Crippen molar-refractivity contribution >= 4 is 17.4 Å². The molecule has 2 aliphatic rings. The van der Waals surface area contributed by atoms with Crippen LogP contribution in [0.3, 0.4) is 0 Å².